The molecule has 0 spiro atoms. The van der Waals surface area contributed by atoms with Gasteiger partial charge in [0.05, 0.1) is 11.6 Å². The van der Waals surface area contributed by atoms with E-state index in [1.807, 2.05) is 6.07 Å². The summed E-state index contributed by atoms with van der Waals surface area (Å²) in [6, 6.07) is 6.80. The maximum atomic E-state index is 11.3. The minimum absolute atomic E-state index is 0.264. The van der Waals surface area contributed by atoms with Crippen LogP contribution in [0.5, 0.6) is 0 Å². The van der Waals surface area contributed by atoms with Crippen LogP contribution in [0.1, 0.15) is 16.1 Å². The summed E-state index contributed by atoms with van der Waals surface area (Å²) >= 11 is 0. The van der Waals surface area contributed by atoms with Gasteiger partial charge in [0.2, 0.25) is 0 Å². The van der Waals surface area contributed by atoms with Crippen LogP contribution in [0.15, 0.2) is 30.6 Å². The Balaban J connectivity index is 2.37. The first-order chi connectivity index (χ1) is 8.24. The van der Waals surface area contributed by atoms with Crippen LogP contribution in [-0.2, 0) is 0 Å². The third kappa shape index (κ3) is 2.13. The van der Waals surface area contributed by atoms with Crippen molar-refractivity contribution < 1.29 is 4.79 Å². The van der Waals surface area contributed by atoms with Gasteiger partial charge in [-0.2, -0.15) is 10.4 Å². The van der Waals surface area contributed by atoms with Crippen LogP contribution >= 0.6 is 0 Å². The Labute approximate surface area is 97.5 Å². The summed E-state index contributed by atoms with van der Waals surface area (Å²) < 4.78 is 1.45. The van der Waals surface area contributed by atoms with E-state index in [1.54, 1.807) is 24.4 Å². The average molecular weight is 227 g/mol. The third-order valence-corrected chi connectivity index (χ3v) is 2.16. The lowest BCUT2D eigenvalue weighted by Crippen LogP contribution is -2.18. The number of carbonyl (C=O) groups is 1. The van der Waals surface area contributed by atoms with Crippen LogP contribution in [0.2, 0.25) is 0 Å². The predicted molar refractivity (Wildman–Crippen MR) is 59.5 cm³/mol. The molecule has 0 unspecified atom stereocenters. The lowest BCUT2D eigenvalue weighted by atomic mass is 10.3. The Bertz CT molecular complexity index is 596. The molecule has 6 nitrogen and oxygen atoms in total. The number of pyridine rings is 1. The zero-order valence-corrected chi connectivity index (χ0v) is 9.08. The normalized spacial score (nSPS) is 9.65. The van der Waals surface area contributed by atoms with Crippen molar-refractivity contribution in [3.63, 3.8) is 0 Å². The zero-order chi connectivity index (χ0) is 12.3. The molecule has 0 atom stereocenters. The Kier molecular flexibility index (Phi) is 2.83. The van der Waals surface area contributed by atoms with Crippen molar-refractivity contribution >= 4 is 5.91 Å². The minimum atomic E-state index is -0.264. The summed E-state index contributed by atoms with van der Waals surface area (Å²) in [6.45, 7) is 0. The molecule has 1 N–H and O–H groups in total. The van der Waals surface area contributed by atoms with Gasteiger partial charge in [-0.15, -0.1) is 0 Å². The molecule has 0 aliphatic rings. The molecule has 0 bridgehead atoms. The maximum Gasteiger partial charge on any atom is 0.271 e. The van der Waals surface area contributed by atoms with E-state index in [4.69, 9.17) is 5.26 Å². The molecule has 84 valence electrons. The van der Waals surface area contributed by atoms with Crippen molar-refractivity contribution in [3.05, 3.63) is 41.9 Å². The smallest absolute Gasteiger partial charge is 0.271 e. The first-order valence-electron chi connectivity index (χ1n) is 4.89. The fourth-order valence-corrected chi connectivity index (χ4v) is 1.31. The van der Waals surface area contributed by atoms with E-state index in [2.05, 4.69) is 15.4 Å². The van der Waals surface area contributed by atoms with Crippen LogP contribution in [0.4, 0.5) is 0 Å². The zero-order valence-electron chi connectivity index (χ0n) is 9.08. The number of nitriles is 1. The standard InChI is InChI=1S/C11H9N5O/c1-13-11(17)9-3-5-16(15-9)10-6-8(7-12)2-4-14-10/h2-6H,1H3,(H,13,17). The van der Waals surface area contributed by atoms with Crippen LogP contribution in [0.3, 0.4) is 0 Å². The van der Waals surface area contributed by atoms with E-state index in [0.29, 0.717) is 17.1 Å². The van der Waals surface area contributed by atoms with E-state index >= 15 is 0 Å². The molecular formula is C11H9N5O. The Hall–Kier alpha value is -2.68. The number of nitrogens with one attached hydrogen (secondary N) is 1. The molecule has 17 heavy (non-hydrogen) atoms. The van der Waals surface area contributed by atoms with Gasteiger partial charge in [-0.25, -0.2) is 9.67 Å². The van der Waals surface area contributed by atoms with Crippen molar-refractivity contribution in [1.29, 1.82) is 5.26 Å². The lowest BCUT2D eigenvalue weighted by molar-refractivity contribution is 0.0957. The number of nitrogens with zero attached hydrogens (tertiary/aromatic N) is 4. The summed E-state index contributed by atoms with van der Waals surface area (Å²) in [6.07, 6.45) is 3.14. The van der Waals surface area contributed by atoms with Crippen molar-refractivity contribution in [2.24, 2.45) is 0 Å². The minimum Gasteiger partial charge on any atom is -0.354 e. The SMILES string of the molecule is CNC(=O)c1ccn(-c2cc(C#N)ccn2)n1. The van der Waals surface area contributed by atoms with Gasteiger partial charge < -0.3 is 5.32 Å². The fraction of sp³-hybridized carbons (Fsp3) is 0.0909. The molecule has 0 aromatic carbocycles. The quantitative estimate of drug-likeness (QED) is 0.809. The van der Waals surface area contributed by atoms with Crippen LogP contribution in [-0.4, -0.2) is 27.7 Å². The van der Waals surface area contributed by atoms with Crippen molar-refractivity contribution in [2.75, 3.05) is 7.05 Å². The van der Waals surface area contributed by atoms with Gasteiger partial charge >= 0.3 is 0 Å². The van der Waals surface area contributed by atoms with Crippen LogP contribution in [0, 0.1) is 11.3 Å². The first-order valence-corrected chi connectivity index (χ1v) is 4.89. The first kappa shape index (κ1) is 10.8. The summed E-state index contributed by atoms with van der Waals surface area (Å²) in [5.41, 5.74) is 0.795. The van der Waals surface area contributed by atoms with Gasteiger partial charge in [0.25, 0.3) is 5.91 Å². The summed E-state index contributed by atoms with van der Waals surface area (Å²) in [7, 11) is 1.54. The van der Waals surface area contributed by atoms with E-state index in [9.17, 15) is 4.79 Å². The lowest BCUT2D eigenvalue weighted by Gasteiger charge is -1.99. The third-order valence-electron chi connectivity index (χ3n) is 2.16. The molecule has 2 aromatic heterocycles. The van der Waals surface area contributed by atoms with Crippen molar-refractivity contribution in [3.8, 4) is 11.9 Å². The van der Waals surface area contributed by atoms with E-state index in [0.717, 1.165) is 0 Å². The average Bonchev–Trinajstić information content (AvgIpc) is 2.87. The van der Waals surface area contributed by atoms with Crippen molar-refractivity contribution in [1.82, 2.24) is 20.1 Å². The number of amides is 1. The highest BCUT2D eigenvalue weighted by Gasteiger charge is 2.08. The largest absolute Gasteiger partial charge is 0.354 e. The van der Waals surface area contributed by atoms with E-state index < -0.39 is 0 Å². The topological polar surface area (TPSA) is 83.6 Å². The highest BCUT2D eigenvalue weighted by atomic mass is 16.1. The number of rotatable bonds is 2. The molecule has 0 aliphatic carbocycles. The second-order valence-electron chi connectivity index (χ2n) is 3.24. The highest BCUT2D eigenvalue weighted by molar-refractivity contribution is 5.91. The molecule has 2 rings (SSSR count). The fourth-order valence-electron chi connectivity index (χ4n) is 1.31. The maximum absolute atomic E-state index is 11.3. The van der Waals surface area contributed by atoms with Gasteiger partial charge in [-0.3, -0.25) is 4.79 Å². The monoisotopic (exact) mass is 227 g/mol. The van der Waals surface area contributed by atoms with Crippen LogP contribution < -0.4 is 5.32 Å². The molecule has 0 saturated carbocycles. The van der Waals surface area contributed by atoms with Gasteiger partial charge in [0, 0.05) is 25.5 Å². The Morgan fingerprint density at radius 3 is 3.06 bits per heavy atom. The Morgan fingerprint density at radius 1 is 1.53 bits per heavy atom. The second kappa shape index (κ2) is 4.45. The predicted octanol–water partition coefficient (Wildman–Crippen LogP) is 0.499. The Morgan fingerprint density at radius 2 is 2.35 bits per heavy atom. The molecule has 0 aliphatic heterocycles. The van der Waals surface area contributed by atoms with Crippen molar-refractivity contribution in [2.45, 2.75) is 0 Å². The summed E-state index contributed by atoms with van der Waals surface area (Å²) in [4.78, 5) is 15.4. The molecule has 1 amide bonds. The molecule has 2 aromatic rings. The van der Waals surface area contributed by atoms with Gasteiger partial charge in [-0.05, 0) is 12.1 Å². The molecule has 0 saturated heterocycles. The van der Waals surface area contributed by atoms with E-state index in [1.165, 1.54) is 17.9 Å². The van der Waals surface area contributed by atoms with Crippen LogP contribution in [0.25, 0.3) is 5.82 Å². The molecule has 2 heterocycles. The second-order valence-corrected chi connectivity index (χ2v) is 3.24. The van der Waals surface area contributed by atoms with E-state index in [-0.39, 0.29) is 5.91 Å². The molecule has 6 heteroatoms. The van der Waals surface area contributed by atoms with Gasteiger partial charge in [0.1, 0.15) is 0 Å². The molecule has 0 fully saturated rings. The molecule has 0 radical (unpaired) electrons. The molecular weight excluding hydrogens is 218 g/mol. The number of carbonyl (C=O) groups excluding carboxylic acids is 1. The number of aromatic nitrogens is 3. The number of hydrogen-bond acceptors (Lipinski definition) is 4. The summed E-state index contributed by atoms with van der Waals surface area (Å²) in [5.74, 6) is 0.236. The number of hydrogen-bond donors (Lipinski definition) is 1. The van der Waals surface area contributed by atoms with Gasteiger partial charge in [0.15, 0.2) is 11.5 Å². The summed E-state index contributed by atoms with van der Waals surface area (Å²) in [5, 5.41) is 15.3. The van der Waals surface area contributed by atoms with Gasteiger partial charge in [-0.1, -0.05) is 0 Å². The highest BCUT2D eigenvalue weighted by Crippen LogP contribution is 2.06.